The van der Waals surface area contributed by atoms with Crippen molar-refractivity contribution in [1.29, 1.82) is 0 Å². The number of carbonyl (C=O) groups excluding carboxylic acids is 1. The first-order chi connectivity index (χ1) is 12.4. The summed E-state index contributed by atoms with van der Waals surface area (Å²) in [5, 5.41) is 3.32. The van der Waals surface area contributed by atoms with Crippen molar-refractivity contribution in [2.24, 2.45) is 0 Å². The van der Waals surface area contributed by atoms with Crippen molar-refractivity contribution in [3.8, 4) is 0 Å². The summed E-state index contributed by atoms with van der Waals surface area (Å²) in [6.45, 7) is 2.11. The highest BCUT2D eigenvalue weighted by atomic mass is 35.5. The third-order valence-corrected chi connectivity index (χ3v) is 4.19. The van der Waals surface area contributed by atoms with E-state index in [1.807, 2.05) is 13.0 Å². The van der Waals surface area contributed by atoms with Crippen LogP contribution >= 0.6 is 11.6 Å². The second-order valence-electron chi connectivity index (χ2n) is 5.92. The van der Waals surface area contributed by atoms with Gasteiger partial charge in [-0.3, -0.25) is 9.59 Å². The topological polar surface area (TPSA) is 51.1 Å². The van der Waals surface area contributed by atoms with E-state index in [1.165, 1.54) is 35.0 Å². The first-order valence-corrected chi connectivity index (χ1v) is 8.32. The van der Waals surface area contributed by atoms with Crippen LogP contribution in [0.25, 0.3) is 0 Å². The molecule has 0 aliphatic carbocycles. The predicted molar refractivity (Wildman–Crippen MR) is 100 cm³/mol. The molecule has 1 N–H and O–H groups in total. The van der Waals surface area contributed by atoms with Gasteiger partial charge in [0.05, 0.1) is 12.1 Å². The summed E-state index contributed by atoms with van der Waals surface area (Å²) >= 11 is 5.97. The summed E-state index contributed by atoms with van der Waals surface area (Å²) in [5.41, 5.74) is 2.34. The van der Waals surface area contributed by atoms with E-state index < -0.39 is 0 Å². The number of nitrogens with zero attached hydrogens (tertiary/aromatic N) is 1. The molecule has 26 heavy (non-hydrogen) atoms. The monoisotopic (exact) mass is 370 g/mol. The van der Waals surface area contributed by atoms with Crippen molar-refractivity contribution in [3.63, 3.8) is 0 Å². The molecule has 132 valence electrons. The van der Waals surface area contributed by atoms with Gasteiger partial charge in [0.2, 0.25) is 0 Å². The number of halogens is 2. The molecule has 0 bridgehead atoms. The van der Waals surface area contributed by atoms with Gasteiger partial charge in [0.25, 0.3) is 11.5 Å². The molecule has 0 fully saturated rings. The van der Waals surface area contributed by atoms with Gasteiger partial charge in [0, 0.05) is 23.0 Å². The van der Waals surface area contributed by atoms with Crippen LogP contribution in [0.4, 0.5) is 10.1 Å². The summed E-state index contributed by atoms with van der Waals surface area (Å²) in [6.07, 6.45) is 1.49. The van der Waals surface area contributed by atoms with Gasteiger partial charge in [-0.1, -0.05) is 29.8 Å². The van der Waals surface area contributed by atoms with E-state index in [0.29, 0.717) is 16.3 Å². The Morgan fingerprint density at radius 1 is 1.12 bits per heavy atom. The number of aryl methyl sites for hydroxylation is 1. The molecule has 0 radical (unpaired) electrons. The van der Waals surface area contributed by atoms with Crippen molar-refractivity contribution in [2.75, 3.05) is 5.32 Å². The van der Waals surface area contributed by atoms with Gasteiger partial charge >= 0.3 is 0 Å². The zero-order chi connectivity index (χ0) is 18.7. The first kappa shape index (κ1) is 17.9. The van der Waals surface area contributed by atoms with Gasteiger partial charge in [0.15, 0.2) is 0 Å². The standard InChI is InChI=1S/C20H16ClFN2O2/c1-13-2-6-16(21)10-18(13)23-20(26)15-5-9-19(25)24(12-15)11-14-3-7-17(22)8-4-14/h2-10,12H,11H2,1H3,(H,23,26). The maximum absolute atomic E-state index is 13.0. The number of hydrogen-bond donors (Lipinski definition) is 1. The molecule has 0 saturated heterocycles. The molecule has 0 unspecified atom stereocenters. The molecule has 4 nitrogen and oxygen atoms in total. The highest BCUT2D eigenvalue weighted by Crippen LogP contribution is 2.20. The van der Waals surface area contributed by atoms with E-state index in [1.54, 1.807) is 24.3 Å². The second-order valence-corrected chi connectivity index (χ2v) is 6.36. The Labute approximate surface area is 154 Å². The lowest BCUT2D eigenvalue weighted by atomic mass is 10.2. The highest BCUT2D eigenvalue weighted by Gasteiger charge is 2.10. The summed E-state index contributed by atoms with van der Waals surface area (Å²) in [6, 6.07) is 13.9. The van der Waals surface area contributed by atoms with Gasteiger partial charge in [0.1, 0.15) is 5.82 Å². The van der Waals surface area contributed by atoms with Crippen molar-refractivity contribution in [2.45, 2.75) is 13.5 Å². The van der Waals surface area contributed by atoms with Gasteiger partial charge in [-0.05, 0) is 48.4 Å². The number of amides is 1. The molecule has 0 spiro atoms. The van der Waals surface area contributed by atoms with Crippen LogP contribution in [-0.2, 0) is 6.54 Å². The molecule has 3 aromatic rings. The maximum atomic E-state index is 13.0. The van der Waals surface area contributed by atoms with Crippen LogP contribution in [-0.4, -0.2) is 10.5 Å². The first-order valence-electron chi connectivity index (χ1n) is 7.95. The number of nitrogens with one attached hydrogen (secondary N) is 1. The van der Waals surface area contributed by atoms with Gasteiger partial charge in [-0.2, -0.15) is 0 Å². The summed E-state index contributed by atoms with van der Waals surface area (Å²) in [7, 11) is 0. The van der Waals surface area contributed by atoms with Crippen LogP contribution in [0, 0.1) is 12.7 Å². The smallest absolute Gasteiger partial charge is 0.257 e. The lowest BCUT2D eigenvalue weighted by Crippen LogP contribution is -2.22. The summed E-state index contributed by atoms with van der Waals surface area (Å²) in [5.74, 6) is -0.686. The van der Waals surface area contributed by atoms with Crippen LogP contribution < -0.4 is 10.9 Å². The minimum Gasteiger partial charge on any atom is -0.322 e. The Kier molecular flexibility index (Phi) is 5.19. The van der Waals surface area contributed by atoms with E-state index in [-0.39, 0.29) is 23.8 Å². The van der Waals surface area contributed by atoms with E-state index in [0.717, 1.165) is 11.1 Å². The third kappa shape index (κ3) is 4.18. The number of anilines is 1. The molecule has 2 aromatic carbocycles. The molecule has 1 aromatic heterocycles. The zero-order valence-corrected chi connectivity index (χ0v) is 14.8. The number of rotatable bonds is 4. The average Bonchev–Trinajstić information content (AvgIpc) is 2.62. The third-order valence-electron chi connectivity index (χ3n) is 3.96. The van der Waals surface area contributed by atoms with Crippen molar-refractivity contribution in [3.05, 3.63) is 98.7 Å². The van der Waals surface area contributed by atoms with Crippen LogP contribution in [0.3, 0.4) is 0 Å². The Hall–Kier alpha value is -2.92. The average molecular weight is 371 g/mol. The minimum absolute atomic E-state index is 0.246. The Balaban J connectivity index is 1.84. The number of carbonyl (C=O) groups is 1. The van der Waals surface area contributed by atoms with E-state index in [2.05, 4.69) is 5.32 Å². The molecule has 6 heteroatoms. The largest absolute Gasteiger partial charge is 0.322 e. The normalized spacial score (nSPS) is 10.6. The van der Waals surface area contributed by atoms with E-state index >= 15 is 0 Å². The fourth-order valence-corrected chi connectivity index (χ4v) is 2.67. The molecular weight excluding hydrogens is 355 g/mol. The molecular formula is C20H16ClFN2O2. The molecule has 0 aliphatic rings. The Morgan fingerprint density at radius 3 is 2.58 bits per heavy atom. The molecule has 1 amide bonds. The van der Waals surface area contributed by atoms with Crippen LogP contribution in [0.1, 0.15) is 21.5 Å². The van der Waals surface area contributed by atoms with Crippen molar-refractivity contribution >= 4 is 23.2 Å². The number of pyridine rings is 1. The fraction of sp³-hybridized carbons (Fsp3) is 0.100. The molecule has 0 atom stereocenters. The lowest BCUT2D eigenvalue weighted by Gasteiger charge is -2.11. The zero-order valence-electron chi connectivity index (χ0n) is 14.0. The SMILES string of the molecule is Cc1ccc(Cl)cc1NC(=O)c1ccc(=O)n(Cc2ccc(F)cc2)c1. The number of hydrogen-bond acceptors (Lipinski definition) is 2. The van der Waals surface area contributed by atoms with Crippen LogP contribution in [0.2, 0.25) is 5.02 Å². The van der Waals surface area contributed by atoms with Crippen LogP contribution in [0.5, 0.6) is 0 Å². The maximum Gasteiger partial charge on any atom is 0.257 e. The predicted octanol–water partition coefficient (Wildman–Crippen LogP) is 4.25. The van der Waals surface area contributed by atoms with Gasteiger partial charge in [-0.15, -0.1) is 0 Å². The second kappa shape index (κ2) is 7.54. The highest BCUT2D eigenvalue weighted by molar-refractivity contribution is 6.31. The van der Waals surface area contributed by atoms with Crippen molar-refractivity contribution < 1.29 is 9.18 Å². The van der Waals surface area contributed by atoms with E-state index in [9.17, 15) is 14.0 Å². The van der Waals surface area contributed by atoms with Crippen molar-refractivity contribution in [1.82, 2.24) is 4.57 Å². The Bertz CT molecular complexity index is 1010. The Morgan fingerprint density at radius 2 is 1.85 bits per heavy atom. The van der Waals surface area contributed by atoms with Crippen LogP contribution in [0.15, 0.2) is 65.6 Å². The lowest BCUT2D eigenvalue weighted by molar-refractivity contribution is 0.102. The minimum atomic E-state index is -0.344. The molecule has 0 saturated carbocycles. The summed E-state index contributed by atoms with van der Waals surface area (Å²) in [4.78, 5) is 24.6. The van der Waals surface area contributed by atoms with Gasteiger partial charge < -0.3 is 9.88 Å². The molecule has 1 heterocycles. The fourth-order valence-electron chi connectivity index (χ4n) is 2.50. The van der Waals surface area contributed by atoms with Gasteiger partial charge in [-0.25, -0.2) is 4.39 Å². The number of aromatic nitrogens is 1. The summed E-state index contributed by atoms with van der Waals surface area (Å²) < 4.78 is 14.4. The van der Waals surface area contributed by atoms with E-state index in [4.69, 9.17) is 11.6 Å². The molecule has 3 rings (SSSR count). The number of benzene rings is 2. The quantitative estimate of drug-likeness (QED) is 0.746. The molecule has 0 aliphatic heterocycles.